The molecule has 1 aliphatic rings. The Hall–Kier alpha value is -4.69. The Morgan fingerprint density at radius 1 is 0.788 bits per heavy atom. The molecule has 1 fully saturated rings. The van der Waals surface area contributed by atoms with Crippen molar-refractivity contribution in [3.05, 3.63) is 154 Å². The summed E-state index contributed by atoms with van der Waals surface area (Å²) in [6.07, 6.45) is 2.92. The lowest BCUT2D eigenvalue weighted by Crippen LogP contribution is -2.39. The normalized spacial score (nSPS) is 15.1. The maximum absolute atomic E-state index is 6.68. The van der Waals surface area contributed by atoms with Gasteiger partial charge in [-0.3, -0.25) is 0 Å². The fourth-order valence-electron chi connectivity index (χ4n) is 7.04. The van der Waals surface area contributed by atoms with E-state index < -0.39 is 5.54 Å². The summed E-state index contributed by atoms with van der Waals surface area (Å²) in [5.41, 5.74) is 5.48. The summed E-state index contributed by atoms with van der Waals surface area (Å²) in [4.78, 5) is 5.18. The molecule has 0 N–H and O–H groups in total. The van der Waals surface area contributed by atoms with Crippen LogP contribution in [-0.2, 0) is 27.0 Å². The van der Waals surface area contributed by atoms with E-state index in [0.29, 0.717) is 24.7 Å². The fraction of sp³-hybridized carbons (Fsp3) is 0.318. The molecular weight excluding hydrogens is 670 g/mol. The summed E-state index contributed by atoms with van der Waals surface area (Å²) in [5, 5.41) is 7.03. The molecule has 0 aliphatic carbocycles. The molecule has 0 saturated carbocycles. The molecule has 1 atom stereocenters. The quantitative estimate of drug-likeness (QED) is 0.0928. The molecule has 1 aliphatic heterocycles. The maximum Gasteiger partial charge on any atom is 0.215 e. The maximum atomic E-state index is 6.68. The van der Waals surface area contributed by atoms with E-state index in [1.807, 2.05) is 49.4 Å². The van der Waals surface area contributed by atoms with Crippen LogP contribution in [0.15, 0.2) is 115 Å². The molecule has 268 valence electrons. The lowest BCUT2D eigenvalue weighted by Gasteiger charge is -2.36. The Morgan fingerprint density at radius 3 is 2.00 bits per heavy atom. The number of aromatic nitrogens is 3. The topological polar surface area (TPSA) is 67.6 Å². The molecule has 1 unspecified atom stereocenters. The highest BCUT2D eigenvalue weighted by molar-refractivity contribution is 6.31. The summed E-state index contributed by atoms with van der Waals surface area (Å²) < 4.78 is 26.7. The standard InChI is InChI=1S/C44H46ClN3O4/c1-31-28-39(36(29-37(31)45)43(2,3)4)52-30-38-35-23-24-40(49-26-27-51-41-22-14-15-25-50-41)46-42(35)48(47-38)44(32-16-8-5-9-17-32,33-18-10-6-11-19-33)34-20-12-7-13-21-34/h5-13,16-21,23-24,28-29,41H,14-15,22,25-27,30H2,1-4H3. The monoisotopic (exact) mass is 715 g/mol. The minimum absolute atomic E-state index is 0.178. The number of benzene rings is 4. The van der Waals surface area contributed by atoms with Crippen molar-refractivity contribution in [2.45, 2.75) is 70.8 Å². The van der Waals surface area contributed by atoms with Gasteiger partial charge in [0.2, 0.25) is 5.88 Å². The highest BCUT2D eigenvalue weighted by Crippen LogP contribution is 2.43. The lowest BCUT2D eigenvalue weighted by atomic mass is 9.77. The molecule has 0 radical (unpaired) electrons. The first kappa shape index (κ1) is 35.7. The number of hydrogen-bond acceptors (Lipinski definition) is 6. The van der Waals surface area contributed by atoms with Crippen molar-refractivity contribution < 1.29 is 18.9 Å². The third-order valence-electron chi connectivity index (χ3n) is 9.68. The van der Waals surface area contributed by atoms with Gasteiger partial charge in [0.1, 0.15) is 30.2 Å². The number of hydrogen-bond donors (Lipinski definition) is 0. The van der Waals surface area contributed by atoms with E-state index in [2.05, 4.69) is 98.2 Å². The molecule has 7 nitrogen and oxygen atoms in total. The summed E-state index contributed by atoms with van der Waals surface area (Å²) in [6.45, 7) is 10.2. The molecule has 7 rings (SSSR count). The van der Waals surface area contributed by atoms with Crippen molar-refractivity contribution in [3.63, 3.8) is 0 Å². The molecule has 0 spiro atoms. The first-order valence-electron chi connectivity index (χ1n) is 18.1. The number of nitrogens with zero attached hydrogens (tertiary/aromatic N) is 3. The minimum atomic E-state index is -0.888. The first-order valence-corrected chi connectivity index (χ1v) is 18.5. The van der Waals surface area contributed by atoms with Gasteiger partial charge >= 0.3 is 0 Å². The zero-order valence-electron chi connectivity index (χ0n) is 30.3. The smallest absolute Gasteiger partial charge is 0.215 e. The molecular formula is C44H46ClN3O4. The van der Waals surface area contributed by atoms with Crippen LogP contribution in [0, 0.1) is 6.92 Å². The Bertz CT molecular complexity index is 1990. The number of fused-ring (bicyclic) bond motifs is 1. The fourth-order valence-corrected chi connectivity index (χ4v) is 7.20. The van der Waals surface area contributed by atoms with Gasteiger partial charge in [-0.05, 0) is 72.1 Å². The molecule has 0 bridgehead atoms. The molecule has 1 saturated heterocycles. The molecule has 0 amide bonds. The van der Waals surface area contributed by atoms with Crippen LogP contribution < -0.4 is 9.47 Å². The van der Waals surface area contributed by atoms with Gasteiger partial charge in [0.05, 0.1) is 6.61 Å². The molecule has 52 heavy (non-hydrogen) atoms. The number of rotatable bonds is 12. The second kappa shape index (κ2) is 15.5. The highest BCUT2D eigenvalue weighted by Gasteiger charge is 2.41. The molecule has 3 heterocycles. The lowest BCUT2D eigenvalue weighted by molar-refractivity contribution is -0.165. The van der Waals surface area contributed by atoms with Gasteiger partial charge in [-0.25, -0.2) is 4.68 Å². The van der Waals surface area contributed by atoms with Gasteiger partial charge in [-0.2, -0.15) is 10.1 Å². The van der Waals surface area contributed by atoms with Crippen molar-refractivity contribution in [2.75, 3.05) is 19.8 Å². The van der Waals surface area contributed by atoms with Crippen LogP contribution in [0.5, 0.6) is 11.6 Å². The van der Waals surface area contributed by atoms with Crippen molar-refractivity contribution >= 4 is 22.6 Å². The zero-order chi connectivity index (χ0) is 36.1. The van der Waals surface area contributed by atoms with Crippen molar-refractivity contribution in [1.29, 1.82) is 0 Å². The van der Waals surface area contributed by atoms with Crippen LogP contribution in [-0.4, -0.2) is 40.9 Å². The van der Waals surface area contributed by atoms with Crippen molar-refractivity contribution in [3.8, 4) is 11.6 Å². The second-order valence-corrected chi connectivity index (χ2v) is 14.7. The number of pyridine rings is 1. The van der Waals surface area contributed by atoms with E-state index in [9.17, 15) is 0 Å². The second-order valence-electron chi connectivity index (χ2n) is 14.3. The van der Waals surface area contributed by atoms with Crippen molar-refractivity contribution in [1.82, 2.24) is 14.8 Å². The van der Waals surface area contributed by atoms with Gasteiger partial charge in [-0.15, -0.1) is 0 Å². The number of aryl methyl sites for hydroxylation is 1. The van der Waals surface area contributed by atoms with Crippen LogP contribution in [0.4, 0.5) is 0 Å². The van der Waals surface area contributed by atoms with Gasteiger partial charge in [-0.1, -0.05) is 123 Å². The van der Waals surface area contributed by atoms with E-state index in [-0.39, 0.29) is 18.3 Å². The van der Waals surface area contributed by atoms with Crippen LogP contribution >= 0.6 is 11.6 Å². The Labute approximate surface area is 311 Å². The van der Waals surface area contributed by atoms with E-state index in [4.69, 9.17) is 40.6 Å². The summed E-state index contributed by atoms with van der Waals surface area (Å²) in [7, 11) is 0. The molecule has 8 heteroatoms. The summed E-state index contributed by atoms with van der Waals surface area (Å²) >= 11 is 6.61. The molecule has 6 aromatic rings. The zero-order valence-corrected chi connectivity index (χ0v) is 31.1. The van der Waals surface area contributed by atoms with Crippen LogP contribution in [0.2, 0.25) is 5.02 Å². The predicted molar refractivity (Wildman–Crippen MR) is 206 cm³/mol. The van der Waals surface area contributed by atoms with Gasteiger partial charge in [0.15, 0.2) is 11.9 Å². The van der Waals surface area contributed by atoms with Crippen LogP contribution in [0.1, 0.15) is 73.5 Å². The van der Waals surface area contributed by atoms with Crippen LogP contribution in [0.3, 0.4) is 0 Å². The first-order chi connectivity index (χ1) is 25.2. The van der Waals surface area contributed by atoms with E-state index in [1.165, 1.54) is 0 Å². The predicted octanol–water partition coefficient (Wildman–Crippen LogP) is 10.0. The van der Waals surface area contributed by atoms with E-state index >= 15 is 0 Å². The van der Waals surface area contributed by atoms with E-state index in [1.54, 1.807) is 0 Å². The van der Waals surface area contributed by atoms with Crippen molar-refractivity contribution in [2.24, 2.45) is 0 Å². The Balaban J connectivity index is 1.37. The summed E-state index contributed by atoms with van der Waals surface area (Å²) in [5.74, 6) is 1.27. The Morgan fingerprint density at radius 2 is 1.42 bits per heavy atom. The average Bonchev–Trinajstić information content (AvgIpc) is 3.53. The SMILES string of the molecule is Cc1cc(OCc2nn(C(c3ccccc3)(c3ccccc3)c3ccccc3)c3nc(OCCOC4CCCCO4)ccc23)c(C(C)(C)C)cc1Cl. The van der Waals surface area contributed by atoms with Gasteiger partial charge in [0, 0.05) is 28.6 Å². The number of halogens is 1. The van der Waals surface area contributed by atoms with Crippen LogP contribution in [0.25, 0.3) is 11.0 Å². The molecule has 2 aromatic heterocycles. The number of ether oxygens (including phenoxy) is 4. The average molecular weight is 716 g/mol. The minimum Gasteiger partial charge on any atom is -0.487 e. The Kier molecular flexibility index (Phi) is 10.6. The van der Waals surface area contributed by atoms with E-state index in [0.717, 1.165) is 75.5 Å². The third kappa shape index (κ3) is 7.31. The third-order valence-corrected chi connectivity index (χ3v) is 10.1. The van der Waals surface area contributed by atoms with Gasteiger partial charge in [0.25, 0.3) is 0 Å². The molecule has 4 aromatic carbocycles. The largest absolute Gasteiger partial charge is 0.487 e. The summed E-state index contributed by atoms with van der Waals surface area (Å²) in [6, 6.07) is 39.4. The van der Waals surface area contributed by atoms with Gasteiger partial charge < -0.3 is 18.9 Å². The highest BCUT2D eigenvalue weighted by atomic mass is 35.5.